The summed E-state index contributed by atoms with van der Waals surface area (Å²) in [5, 5.41) is 3.74. The summed E-state index contributed by atoms with van der Waals surface area (Å²) in [4.78, 5) is 11.7. The van der Waals surface area contributed by atoms with E-state index in [1.54, 1.807) is 0 Å². The standard InChI is InChI=1S/C13H13NO2S/c14-12(11-6-7-17-9-11)13(15)16-8-10-4-2-1-3-5-10/h1-7,9,12H,8,14H2. The zero-order chi connectivity index (χ0) is 12.1. The third-order valence-electron chi connectivity index (χ3n) is 2.38. The minimum Gasteiger partial charge on any atom is -0.459 e. The maximum atomic E-state index is 11.7. The summed E-state index contributed by atoms with van der Waals surface area (Å²) in [6.45, 7) is 0.261. The molecule has 0 amide bonds. The lowest BCUT2D eigenvalue weighted by atomic mass is 10.2. The summed E-state index contributed by atoms with van der Waals surface area (Å²) >= 11 is 1.51. The zero-order valence-electron chi connectivity index (χ0n) is 9.21. The lowest BCUT2D eigenvalue weighted by molar-refractivity contribution is -0.146. The Bertz CT molecular complexity index is 467. The van der Waals surface area contributed by atoms with Gasteiger partial charge in [0, 0.05) is 0 Å². The second-order valence-electron chi connectivity index (χ2n) is 3.63. The Kier molecular flexibility index (Phi) is 3.90. The Morgan fingerprint density at radius 1 is 1.29 bits per heavy atom. The zero-order valence-corrected chi connectivity index (χ0v) is 10.0. The van der Waals surface area contributed by atoms with E-state index in [0.717, 1.165) is 11.1 Å². The van der Waals surface area contributed by atoms with Crippen molar-refractivity contribution in [1.82, 2.24) is 0 Å². The number of esters is 1. The minimum atomic E-state index is -0.690. The summed E-state index contributed by atoms with van der Waals surface area (Å²) < 4.78 is 5.15. The smallest absolute Gasteiger partial charge is 0.327 e. The first-order chi connectivity index (χ1) is 8.27. The van der Waals surface area contributed by atoms with Gasteiger partial charge in [0.25, 0.3) is 0 Å². The van der Waals surface area contributed by atoms with Gasteiger partial charge in [0.1, 0.15) is 12.6 Å². The molecule has 1 aromatic heterocycles. The highest BCUT2D eigenvalue weighted by Gasteiger charge is 2.17. The molecule has 1 atom stereocenters. The minimum absolute atomic E-state index is 0.261. The van der Waals surface area contributed by atoms with E-state index in [0.29, 0.717) is 0 Å². The number of hydrogen-bond donors (Lipinski definition) is 1. The number of nitrogens with two attached hydrogens (primary N) is 1. The Balaban J connectivity index is 1.90. The molecule has 2 rings (SSSR count). The van der Waals surface area contributed by atoms with Crippen LogP contribution in [0.4, 0.5) is 0 Å². The maximum absolute atomic E-state index is 11.7. The Morgan fingerprint density at radius 3 is 2.71 bits per heavy atom. The summed E-state index contributed by atoms with van der Waals surface area (Å²) in [5.41, 5.74) is 7.54. The third kappa shape index (κ3) is 3.15. The molecule has 2 aromatic rings. The second-order valence-corrected chi connectivity index (χ2v) is 4.41. The van der Waals surface area contributed by atoms with Crippen LogP contribution in [0.25, 0.3) is 0 Å². The molecule has 17 heavy (non-hydrogen) atoms. The molecule has 0 aliphatic carbocycles. The van der Waals surface area contributed by atoms with E-state index in [1.165, 1.54) is 11.3 Å². The van der Waals surface area contributed by atoms with Gasteiger partial charge in [0.15, 0.2) is 0 Å². The highest BCUT2D eigenvalue weighted by molar-refractivity contribution is 7.08. The number of ether oxygens (including phenoxy) is 1. The van der Waals surface area contributed by atoms with Crippen molar-refractivity contribution < 1.29 is 9.53 Å². The molecule has 0 spiro atoms. The van der Waals surface area contributed by atoms with Gasteiger partial charge in [-0.15, -0.1) is 0 Å². The highest BCUT2D eigenvalue weighted by Crippen LogP contribution is 2.16. The number of rotatable bonds is 4. The molecule has 0 fully saturated rings. The molecule has 1 unspecified atom stereocenters. The molecular weight excluding hydrogens is 234 g/mol. The van der Waals surface area contributed by atoms with Crippen LogP contribution in [0, 0.1) is 0 Å². The molecule has 1 heterocycles. The monoisotopic (exact) mass is 247 g/mol. The molecule has 0 saturated carbocycles. The quantitative estimate of drug-likeness (QED) is 0.844. The van der Waals surface area contributed by atoms with E-state index in [1.807, 2.05) is 47.2 Å². The summed E-state index contributed by atoms with van der Waals surface area (Å²) in [6.07, 6.45) is 0. The van der Waals surface area contributed by atoms with Gasteiger partial charge in [0.2, 0.25) is 0 Å². The molecule has 88 valence electrons. The summed E-state index contributed by atoms with van der Waals surface area (Å²) in [7, 11) is 0. The van der Waals surface area contributed by atoms with Crippen LogP contribution in [0.15, 0.2) is 47.2 Å². The average molecular weight is 247 g/mol. The average Bonchev–Trinajstić information content (AvgIpc) is 2.90. The molecule has 4 heteroatoms. The van der Waals surface area contributed by atoms with Crippen LogP contribution in [0.5, 0.6) is 0 Å². The van der Waals surface area contributed by atoms with E-state index in [-0.39, 0.29) is 6.61 Å². The number of thiophene rings is 1. The van der Waals surface area contributed by atoms with Gasteiger partial charge in [-0.25, -0.2) is 4.79 Å². The van der Waals surface area contributed by atoms with Gasteiger partial charge in [-0.1, -0.05) is 30.3 Å². The molecule has 0 radical (unpaired) electrons. The highest BCUT2D eigenvalue weighted by atomic mass is 32.1. The van der Waals surface area contributed by atoms with Crippen molar-refractivity contribution in [3.05, 3.63) is 58.3 Å². The van der Waals surface area contributed by atoms with Crippen molar-refractivity contribution in [1.29, 1.82) is 0 Å². The fourth-order valence-corrected chi connectivity index (χ4v) is 2.10. The number of carbonyl (C=O) groups excluding carboxylic acids is 1. The summed E-state index contributed by atoms with van der Waals surface area (Å²) in [6, 6.07) is 10.7. The van der Waals surface area contributed by atoms with Gasteiger partial charge in [-0.3, -0.25) is 0 Å². The molecule has 0 aliphatic heterocycles. The lowest BCUT2D eigenvalue weighted by Gasteiger charge is -2.10. The summed E-state index contributed by atoms with van der Waals surface area (Å²) in [5.74, 6) is -0.396. The van der Waals surface area contributed by atoms with Gasteiger partial charge in [-0.05, 0) is 28.0 Å². The van der Waals surface area contributed by atoms with E-state index in [9.17, 15) is 4.79 Å². The second kappa shape index (κ2) is 5.61. The lowest BCUT2D eigenvalue weighted by Crippen LogP contribution is -2.23. The number of hydrogen-bond acceptors (Lipinski definition) is 4. The largest absolute Gasteiger partial charge is 0.459 e. The van der Waals surface area contributed by atoms with Gasteiger partial charge in [0.05, 0.1) is 0 Å². The first kappa shape index (κ1) is 11.8. The van der Waals surface area contributed by atoms with Crippen LogP contribution >= 0.6 is 11.3 Å². The van der Waals surface area contributed by atoms with Crippen LogP contribution < -0.4 is 5.73 Å². The van der Waals surface area contributed by atoms with E-state index in [4.69, 9.17) is 10.5 Å². The fraction of sp³-hybridized carbons (Fsp3) is 0.154. The predicted octanol–water partition coefficient (Wildman–Crippen LogP) is 2.49. The van der Waals surface area contributed by atoms with Crippen molar-refractivity contribution in [2.45, 2.75) is 12.6 Å². The van der Waals surface area contributed by atoms with Gasteiger partial charge < -0.3 is 10.5 Å². The van der Waals surface area contributed by atoms with Crippen molar-refractivity contribution >= 4 is 17.3 Å². The van der Waals surface area contributed by atoms with Gasteiger partial charge in [-0.2, -0.15) is 11.3 Å². The van der Waals surface area contributed by atoms with Crippen LogP contribution in [0.3, 0.4) is 0 Å². The first-order valence-electron chi connectivity index (χ1n) is 5.25. The Hall–Kier alpha value is -1.65. The van der Waals surface area contributed by atoms with Crippen LogP contribution in [-0.2, 0) is 16.1 Å². The van der Waals surface area contributed by atoms with Crippen molar-refractivity contribution in [3.63, 3.8) is 0 Å². The van der Waals surface area contributed by atoms with Crippen LogP contribution in [0.1, 0.15) is 17.2 Å². The van der Waals surface area contributed by atoms with E-state index >= 15 is 0 Å². The van der Waals surface area contributed by atoms with E-state index < -0.39 is 12.0 Å². The number of carbonyl (C=O) groups is 1. The fourth-order valence-electron chi connectivity index (χ4n) is 1.41. The molecule has 0 saturated heterocycles. The molecule has 1 aromatic carbocycles. The first-order valence-corrected chi connectivity index (χ1v) is 6.20. The van der Waals surface area contributed by atoms with Gasteiger partial charge >= 0.3 is 5.97 Å². The molecule has 3 nitrogen and oxygen atoms in total. The SMILES string of the molecule is NC(C(=O)OCc1ccccc1)c1ccsc1. The molecule has 0 aliphatic rings. The maximum Gasteiger partial charge on any atom is 0.327 e. The van der Waals surface area contributed by atoms with Crippen LogP contribution in [-0.4, -0.2) is 5.97 Å². The molecular formula is C13H13NO2S. The van der Waals surface area contributed by atoms with Crippen molar-refractivity contribution in [3.8, 4) is 0 Å². The predicted molar refractivity (Wildman–Crippen MR) is 67.5 cm³/mol. The third-order valence-corrected chi connectivity index (χ3v) is 3.08. The van der Waals surface area contributed by atoms with Crippen LogP contribution in [0.2, 0.25) is 0 Å². The molecule has 2 N–H and O–H groups in total. The Morgan fingerprint density at radius 2 is 2.06 bits per heavy atom. The molecule has 0 bridgehead atoms. The van der Waals surface area contributed by atoms with Crippen molar-refractivity contribution in [2.75, 3.05) is 0 Å². The van der Waals surface area contributed by atoms with E-state index in [2.05, 4.69) is 0 Å². The Labute approximate surface area is 104 Å². The van der Waals surface area contributed by atoms with Crippen molar-refractivity contribution in [2.24, 2.45) is 5.73 Å². The number of benzene rings is 1. The normalized spacial score (nSPS) is 12.1. The topological polar surface area (TPSA) is 52.3 Å².